The second kappa shape index (κ2) is 6.84. The number of hydrogen-bond donors (Lipinski definition) is 2. The number of nitrogens with zero attached hydrogens (tertiary/aromatic N) is 2. The highest BCUT2D eigenvalue weighted by Crippen LogP contribution is 2.51. The number of nitriles is 1. The average molecular weight is 458 g/mol. The molecule has 0 radical (unpaired) electrons. The highest BCUT2D eigenvalue weighted by molar-refractivity contribution is 7.17. The molecule has 1 aromatic carbocycles. The van der Waals surface area contributed by atoms with Gasteiger partial charge in [-0.3, -0.25) is 4.79 Å². The van der Waals surface area contributed by atoms with Crippen molar-refractivity contribution in [1.29, 1.82) is 5.26 Å². The second-order valence-electron chi connectivity index (χ2n) is 8.20. The fourth-order valence-corrected chi connectivity index (χ4v) is 6.21. The van der Waals surface area contributed by atoms with Crippen molar-refractivity contribution in [3.05, 3.63) is 63.3 Å². The number of carbonyl (C=O) groups excluding carboxylic acids is 2. The minimum absolute atomic E-state index is 0.261. The topological polar surface area (TPSA) is 85.2 Å². The number of urea groups is 1. The highest BCUT2D eigenvalue weighted by Gasteiger charge is 2.64. The molecular formula is C22H17F3N4O2S. The van der Waals surface area contributed by atoms with Gasteiger partial charge < -0.3 is 10.6 Å². The van der Waals surface area contributed by atoms with E-state index in [4.69, 9.17) is 0 Å². The number of nitrogens with one attached hydrogen (secondary N) is 2. The third kappa shape index (κ3) is 2.64. The van der Waals surface area contributed by atoms with Crippen molar-refractivity contribution >= 4 is 28.3 Å². The van der Waals surface area contributed by atoms with Crippen LogP contribution in [0.15, 0.2) is 41.7 Å². The molecule has 2 atom stereocenters. The highest BCUT2D eigenvalue weighted by atomic mass is 32.1. The van der Waals surface area contributed by atoms with Crippen LogP contribution >= 0.6 is 11.3 Å². The fourth-order valence-electron chi connectivity index (χ4n) is 4.70. The Bertz CT molecular complexity index is 1230. The van der Waals surface area contributed by atoms with Crippen LogP contribution in [0.1, 0.15) is 39.7 Å². The summed E-state index contributed by atoms with van der Waals surface area (Å²) in [6, 6.07) is 7.31. The van der Waals surface area contributed by atoms with Crippen molar-refractivity contribution in [1.82, 2.24) is 10.6 Å². The van der Waals surface area contributed by atoms with Crippen LogP contribution < -0.4 is 15.5 Å². The largest absolute Gasteiger partial charge is 0.421 e. The van der Waals surface area contributed by atoms with Crippen LogP contribution in [-0.2, 0) is 18.4 Å². The van der Waals surface area contributed by atoms with Crippen LogP contribution in [0.25, 0.3) is 0 Å². The van der Waals surface area contributed by atoms with Crippen LogP contribution in [0, 0.1) is 17.2 Å². The molecule has 32 heavy (non-hydrogen) atoms. The first kappa shape index (κ1) is 20.6. The van der Waals surface area contributed by atoms with Gasteiger partial charge in [0.25, 0.3) is 5.91 Å². The number of thiophene rings is 1. The molecule has 2 aliphatic heterocycles. The molecule has 0 fully saturated rings. The number of carbonyl (C=O) groups is 2. The minimum Gasteiger partial charge on any atom is -0.315 e. The number of alkyl halides is 3. The number of anilines is 1. The van der Waals surface area contributed by atoms with E-state index in [1.807, 2.05) is 0 Å². The van der Waals surface area contributed by atoms with Crippen LogP contribution in [0.2, 0.25) is 0 Å². The zero-order chi connectivity index (χ0) is 22.8. The molecular weight excluding hydrogens is 441 g/mol. The Hall–Kier alpha value is -3.32. The predicted octanol–water partition coefficient (Wildman–Crippen LogP) is 4.34. The van der Waals surface area contributed by atoms with E-state index < -0.39 is 35.0 Å². The number of halogens is 3. The summed E-state index contributed by atoms with van der Waals surface area (Å²) in [6.45, 7) is 2.09. The lowest BCUT2D eigenvalue weighted by Crippen LogP contribution is -2.66. The maximum Gasteiger partial charge on any atom is 0.421 e. The number of benzene rings is 1. The van der Waals surface area contributed by atoms with Gasteiger partial charge in [0, 0.05) is 4.88 Å². The predicted molar refractivity (Wildman–Crippen MR) is 111 cm³/mol. The zero-order valence-corrected chi connectivity index (χ0v) is 17.7. The maximum atomic E-state index is 14.5. The molecule has 2 unspecified atom stereocenters. The van der Waals surface area contributed by atoms with Crippen molar-refractivity contribution < 1.29 is 22.8 Å². The maximum absolute atomic E-state index is 14.5. The second-order valence-corrected chi connectivity index (χ2v) is 9.28. The third-order valence-corrected chi connectivity index (χ3v) is 7.47. The molecule has 10 heteroatoms. The molecule has 6 nitrogen and oxygen atoms in total. The molecule has 2 N–H and O–H groups in total. The number of amides is 3. The number of rotatable bonds is 1. The summed E-state index contributed by atoms with van der Waals surface area (Å²) in [5.41, 5.74) is -3.03. The van der Waals surface area contributed by atoms with E-state index in [2.05, 4.69) is 17.6 Å². The van der Waals surface area contributed by atoms with E-state index in [9.17, 15) is 28.0 Å². The molecule has 0 saturated carbocycles. The fraction of sp³-hybridized carbons (Fsp3) is 0.318. The van der Waals surface area contributed by atoms with Crippen LogP contribution in [0.4, 0.5) is 23.0 Å². The molecule has 164 valence electrons. The van der Waals surface area contributed by atoms with Crippen molar-refractivity contribution in [2.45, 2.75) is 37.9 Å². The molecule has 3 heterocycles. The van der Waals surface area contributed by atoms with E-state index in [1.165, 1.54) is 41.7 Å². The van der Waals surface area contributed by atoms with Gasteiger partial charge in [-0.25, -0.2) is 9.69 Å². The zero-order valence-electron chi connectivity index (χ0n) is 16.8. The molecule has 0 saturated heterocycles. The van der Waals surface area contributed by atoms with E-state index in [1.54, 1.807) is 6.07 Å². The van der Waals surface area contributed by atoms with Crippen LogP contribution in [-0.4, -0.2) is 18.1 Å². The molecule has 0 spiro atoms. The van der Waals surface area contributed by atoms with Gasteiger partial charge in [0.15, 0.2) is 0 Å². The molecule has 1 aliphatic carbocycles. The Morgan fingerprint density at radius 3 is 2.62 bits per heavy atom. The summed E-state index contributed by atoms with van der Waals surface area (Å²) in [5, 5.41) is 14.6. The SMILES string of the molecule is CC1CCc2c(sc3c2C(=O)NC2=C(C#N)C(c4ccccc4)(C(F)(F)F)NC(=O)N23)C1. The van der Waals surface area contributed by atoms with Crippen LogP contribution in [0.3, 0.4) is 0 Å². The van der Waals surface area contributed by atoms with Gasteiger partial charge in [-0.05, 0) is 36.3 Å². The molecule has 5 rings (SSSR count). The third-order valence-electron chi connectivity index (χ3n) is 6.23. The molecule has 2 aromatic rings. The summed E-state index contributed by atoms with van der Waals surface area (Å²) < 4.78 is 43.6. The first-order valence-corrected chi connectivity index (χ1v) is 10.9. The lowest BCUT2D eigenvalue weighted by atomic mass is 9.80. The summed E-state index contributed by atoms with van der Waals surface area (Å²) in [6.07, 6.45) is -2.77. The van der Waals surface area contributed by atoms with Crippen LogP contribution in [0.5, 0.6) is 0 Å². The Morgan fingerprint density at radius 1 is 1.25 bits per heavy atom. The summed E-state index contributed by atoms with van der Waals surface area (Å²) in [7, 11) is 0. The van der Waals surface area contributed by atoms with Crippen molar-refractivity contribution in [2.24, 2.45) is 5.92 Å². The molecule has 1 aromatic heterocycles. The van der Waals surface area contributed by atoms with Gasteiger partial charge in [0.1, 0.15) is 22.5 Å². The summed E-state index contributed by atoms with van der Waals surface area (Å²) in [4.78, 5) is 28.2. The molecule has 3 aliphatic rings. The van der Waals surface area contributed by atoms with Gasteiger partial charge >= 0.3 is 12.2 Å². The van der Waals surface area contributed by atoms with Crippen molar-refractivity contribution in [3.63, 3.8) is 0 Å². The van der Waals surface area contributed by atoms with E-state index in [0.29, 0.717) is 17.9 Å². The van der Waals surface area contributed by atoms with Crippen molar-refractivity contribution in [3.8, 4) is 6.07 Å². The smallest absolute Gasteiger partial charge is 0.315 e. The number of fused-ring (bicyclic) bond motifs is 5. The average Bonchev–Trinajstić information content (AvgIpc) is 3.12. The minimum atomic E-state index is -5.04. The first-order valence-electron chi connectivity index (χ1n) is 10.0. The molecule has 3 amide bonds. The Labute approximate surface area is 185 Å². The van der Waals surface area contributed by atoms with E-state index >= 15 is 0 Å². The van der Waals surface area contributed by atoms with Crippen molar-refractivity contribution in [2.75, 3.05) is 4.90 Å². The Morgan fingerprint density at radius 2 is 1.97 bits per heavy atom. The van der Waals surface area contributed by atoms with Gasteiger partial charge in [0.2, 0.25) is 5.54 Å². The van der Waals surface area contributed by atoms with Gasteiger partial charge in [-0.1, -0.05) is 37.3 Å². The number of hydrogen-bond acceptors (Lipinski definition) is 4. The quantitative estimate of drug-likeness (QED) is 0.667. The van der Waals surface area contributed by atoms with Gasteiger partial charge in [-0.15, -0.1) is 11.3 Å². The summed E-state index contributed by atoms with van der Waals surface area (Å²) >= 11 is 1.23. The van der Waals surface area contributed by atoms with Gasteiger partial charge in [0.05, 0.1) is 5.56 Å². The summed E-state index contributed by atoms with van der Waals surface area (Å²) in [5.74, 6) is -0.632. The van der Waals surface area contributed by atoms with Gasteiger partial charge in [-0.2, -0.15) is 18.4 Å². The standard InChI is InChI=1S/C22H17F3N4O2S/c1-11-7-8-13-15(9-11)32-19-16(13)18(30)27-17-14(10-26)21(22(23,24)25,28-20(31)29(17)19)12-5-3-2-4-6-12/h2-6,11H,7-9H2,1H3,(H,27,30)(H,28,31). The Kier molecular flexibility index (Phi) is 4.40. The monoisotopic (exact) mass is 458 g/mol. The lowest BCUT2D eigenvalue weighted by molar-refractivity contribution is -0.185. The van der Waals surface area contributed by atoms with E-state index in [0.717, 1.165) is 28.2 Å². The normalized spacial score (nSPS) is 24.7. The lowest BCUT2D eigenvalue weighted by Gasteiger charge is -2.44. The Balaban J connectivity index is 1.78. The first-order chi connectivity index (χ1) is 15.2. The molecule has 0 bridgehead atoms. The van der Waals surface area contributed by atoms with E-state index in [-0.39, 0.29) is 10.6 Å².